The smallest absolute Gasteiger partial charge is 0.426 e. The van der Waals surface area contributed by atoms with Gasteiger partial charge in [-0.25, -0.2) is 9.18 Å². The molecule has 0 aliphatic carbocycles. The largest absolute Gasteiger partial charge is 0.493 e. The van der Waals surface area contributed by atoms with Gasteiger partial charge in [-0.05, 0) is 60.0 Å². The number of hydrogen-bond acceptors (Lipinski definition) is 7. The second-order valence-electron chi connectivity index (χ2n) is 8.70. The number of anilines is 2. The van der Waals surface area contributed by atoms with Gasteiger partial charge in [-0.2, -0.15) is 14.0 Å². The van der Waals surface area contributed by atoms with Crippen LogP contribution in [0.3, 0.4) is 0 Å². The summed E-state index contributed by atoms with van der Waals surface area (Å²) in [6, 6.07) is 15.3. The maximum atomic E-state index is 14.7. The monoisotopic (exact) mass is 539 g/mol. The van der Waals surface area contributed by atoms with Gasteiger partial charge in [0.2, 0.25) is 0 Å². The molecule has 0 fully saturated rings. The van der Waals surface area contributed by atoms with Crippen LogP contribution in [0, 0.1) is 17.1 Å². The molecule has 0 heterocycles. The van der Waals surface area contributed by atoms with Crippen molar-refractivity contribution in [2.45, 2.75) is 31.8 Å². The predicted octanol–water partition coefficient (Wildman–Crippen LogP) is 6.16. The van der Waals surface area contributed by atoms with Crippen LogP contribution in [0.4, 0.5) is 24.5 Å². The molecule has 7 nitrogen and oxygen atoms in total. The van der Waals surface area contributed by atoms with Crippen molar-refractivity contribution < 1.29 is 32.2 Å². The number of hydrogen-bond donors (Lipinski definition) is 2. The Morgan fingerprint density at radius 2 is 1.85 bits per heavy atom. The van der Waals surface area contributed by atoms with E-state index in [0.717, 1.165) is 29.8 Å². The summed E-state index contributed by atoms with van der Waals surface area (Å²) in [6.45, 7) is 2.14. The average molecular weight is 540 g/mol. The van der Waals surface area contributed by atoms with Crippen molar-refractivity contribution >= 4 is 23.4 Å². The first-order chi connectivity index (χ1) is 18.6. The third-order valence-corrected chi connectivity index (χ3v) is 5.62. The van der Waals surface area contributed by atoms with Crippen molar-refractivity contribution in [3.63, 3.8) is 0 Å². The summed E-state index contributed by atoms with van der Waals surface area (Å²) in [7, 11) is 0. The molecule has 10 heteroatoms. The molecule has 0 saturated heterocycles. The molecule has 4 N–H and O–H groups in total. The fourth-order valence-corrected chi connectivity index (χ4v) is 3.53. The molecule has 0 aliphatic heterocycles. The van der Waals surface area contributed by atoms with Crippen molar-refractivity contribution in [2.75, 3.05) is 24.7 Å². The molecular formula is C29H28F3N3O4. The molecule has 0 bridgehead atoms. The Morgan fingerprint density at radius 1 is 1.10 bits per heavy atom. The van der Waals surface area contributed by atoms with Crippen LogP contribution in [0.1, 0.15) is 42.4 Å². The zero-order valence-electron chi connectivity index (χ0n) is 21.2. The molecule has 0 saturated carbocycles. The summed E-state index contributed by atoms with van der Waals surface area (Å²) in [5.41, 5.74) is 13.5. The molecule has 3 rings (SSSR count). The fraction of sp³-hybridized carbons (Fsp3) is 0.241. The highest BCUT2D eigenvalue weighted by Crippen LogP contribution is 2.34. The summed E-state index contributed by atoms with van der Waals surface area (Å²) >= 11 is 0. The molecule has 1 atom stereocenters. The number of alkyl halides is 2. The average Bonchev–Trinajstić information content (AvgIpc) is 2.90. The number of nitrogen functional groups attached to an aromatic ring is 2. The Bertz CT molecular complexity index is 1350. The summed E-state index contributed by atoms with van der Waals surface area (Å²) in [5, 5.41) is 8.51. The number of unbranched alkanes of at least 4 members (excludes halogenated alkanes) is 1. The van der Waals surface area contributed by atoms with Gasteiger partial charge in [-0.15, -0.1) is 0 Å². The minimum Gasteiger partial charge on any atom is -0.493 e. The molecule has 3 aromatic rings. The van der Waals surface area contributed by atoms with E-state index >= 15 is 0 Å². The number of carbonyl (C=O) groups excluding carboxylic acids is 1. The Kier molecular flexibility index (Phi) is 9.81. The van der Waals surface area contributed by atoms with Crippen LogP contribution < -0.4 is 20.9 Å². The van der Waals surface area contributed by atoms with Crippen LogP contribution in [-0.2, 0) is 15.6 Å². The summed E-state index contributed by atoms with van der Waals surface area (Å²) in [4.78, 5) is 12.1. The number of nitriles is 1. The lowest BCUT2D eigenvalue weighted by Gasteiger charge is -2.19. The quantitative estimate of drug-likeness (QED) is 0.122. The van der Waals surface area contributed by atoms with E-state index in [9.17, 15) is 18.0 Å². The first kappa shape index (κ1) is 28.9. The van der Waals surface area contributed by atoms with Crippen molar-refractivity contribution in [2.24, 2.45) is 0 Å². The van der Waals surface area contributed by atoms with Crippen molar-refractivity contribution in [3.8, 4) is 17.6 Å². The highest BCUT2D eigenvalue weighted by atomic mass is 19.3. The van der Waals surface area contributed by atoms with Crippen molar-refractivity contribution in [1.29, 1.82) is 5.26 Å². The maximum Gasteiger partial charge on any atom is 0.426 e. The number of rotatable bonds is 12. The van der Waals surface area contributed by atoms with Crippen LogP contribution in [0.2, 0.25) is 0 Å². The van der Waals surface area contributed by atoms with Gasteiger partial charge in [-0.3, -0.25) is 0 Å². The first-order valence-electron chi connectivity index (χ1n) is 12.1. The highest BCUT2D eigenvalue weighted by molar-refractivity contribution is 5.87. The summed E-state index contributed by atoms with van der Waals surface area (Å²) in [6.07, 6.45) is -0.475. The topological polar surface area (TPSA) is 121 Å². The first-order valence-corrected chi connectivity index (χ1v) is 12.1. The van der Waals surface area contributed by atoms with Gasteiger partial charge in [-0.1, -0.05) is 25.1 Å². The van der Waals surface area contributed by atoms with Crippen LogP contribution in [0.25, 0.3) is 6.08 Å². The minimum atomic E-state index is -3.82. The summed E-state index contributed by atoms with van der Waals surface area (Å²) in [5.74, 6) is -2.29. The molecule has 1 unspecified atom stereocenters. The summed E-state index contributed by atoms with van der Waals surface area (Å²) < 4.78 is 58.8. The fourth-order valence-electron chi connectivity index (χ4n) is 3.53. The van der Waals surface area contributed by atoms with E-state index in [1.165, 1.54) is 30.4 Å². The zero-order chi connectivity index (χ0) is 28.4. The van der Waals surface area contributed by atoms with Crippen LogP contribution in [-0.4, -0.2) is 19.2 Å². The lowest BCUT2D eigenvalue weighted by Crippen LogP contribution is -2.22. The molecule has 0 aliphatic rings. The number of nitrogens with two attached hydrogens (primary N) is 2. The maximum absolute atomic E-state index is 14.7. The third kappa shape index (κ3) is 8.43. The Labute approximate surface area is 224 Å². The van der Waals surface area contributed by atoms with Gasteiger partial charge in [0, 0.05) is 35.9 Å². The number of carbonyl (C=O) groups is 1. The lowest BCUT2D eigenvalue weighted by atomic mass is 10.00. The lowest BCUT2D eigenvalue weighted by molar-refractivity contribution is -0.187. The van der Waals surface area contributed by atoms with E-state index < -0.39 is 29.2 Å². The molecule has 0 amide bonds. The Balaban J connectivity index is 1.54. The second kappa shape index (κ2) is 13.2. The molecular weight excluding hydrogens is 511 g/mol. The van der Waals surface area contributed by atoms with Crippen molar-refractivity contribution in [1.82, 2.24) is 0 Å². The third-order valence-electron chi connectivity index (χ3n) is 5.62. The number of halogens is 3. The number of ether oxygens (including phenoxy) is 3. The van der Waals surface area contributed by atoms with Gasteiger partial charge >= 0.3 is 12.1 Å². The Hall–Kier alpha value is -4.65. The predicted molar refractivity (Wildman–Crippen MR) is 141 cm³/mol. The van der Waals surface area contributed by atoms with E-state index in [1.54, 1.807) is 18.2 Å². The second-order valence-corrected chi connectivity index (χ2v) is 8.70. The molecule has 0 radical (unpaired) electrons. The normalized spacial score (nSPS) is 12.1. The van der Waals surface area contributed by atoms with Gasteiger partial charge < -0.3 is 25.7 Å². The van der Waals surface area contributed by atoms with Gasteiger partial charge in [0.05, 0.1) is 24.8 Å². The standard InChI is InChI=1S/C29H28F3N3O4/c1-19(24-11-9-22(34)16-26(24)35)18-38-28(36)13-6-20-4-7-21(8-5-20)29(31,32)39-27-12-10-23(17-25(27)30)37-15-3-2-14-33/h4-13,16-17,19H,2-3,15,18,34-35H2,1H3/b13-6+. The minimum absolute atomic E-state index is 0.0879. The van der Waals surface area contributed by atoms with E-state index in [2.05, 4.69) is 4.74 Å². The van der Waals surface area contributed by atoms with Crippen LogP contribution in [0.5, 0.6) is 11.5 Å². The highest BCUT2D eigenvalue weighted by Gasteiger charge is 2.35. The van der Waals surface area contributed by atoms with E-state index in [0.29, 0.717) is 23.4 Å². The van der Waals surface area contributed by atoms with Crippen molar-refractivity contribution in [3.05, 3.63) is 89.2 Å². The number of esters is 1. The van der Waals surface area contributed by atoms with E-state index in [4.69, 9.17) is 26.2 Å². The Morgan fingerprint density at radius 3 is 2.51 bits per heavy atom. The molecule has 0 spiro atoms. The number of nitrogens with zero attached hydrogens (tertiary/aromatic N) is 1. The number of benzene rings is 3. The SMILES string of the molecule is CC(COC(=O)/C=C/c1ccc(C(F)(F)Oc2ccc(OCCCC#N)cc2F)cc1)c1ccc(N)cc1N. The van der Waals surface area contributed by atoms with Gasteiger partial charge in [0.1, 0.15) is 5.75 Å². The molecule has 3 aromatic carbocycles. The molecule has 39 heavy (non-hydrogen) atoms. The van der Waals surface area contributed by atoms with Crippen LogP contribution in [0.15, 0.2) is 66.7 Å². The van der Waals surface area contributed by atoms with E-state index in [1.807, 2.05) is 13.0 Å². The molecule has 204 valence electrons. The van der Waals surface area contributed by atoms with E-state index in [-0.39, 0.29) is 31.3 Å². The van der Waals surface area contributed by atoms with Gasteiger partial charge in [0.25, 0.3) is 0 Å². The van der Waals surface area contributed by atoms with Crippen LogP contribution >= 0.6 is 0 Å². The molecule has 0 aromatic heterocycles. The zero-order valence-corrected chi connectivity index (χ0v) is 21.2. The van der Waals surface area contributed by atoms with Gasteiger partial charge in [0.15, 0.2) is 11.6 Å².